The Hall–Kier alpha value is -2.64. The lowest BCUT2D eigenvalue weighted by Crippen LogP contribution is -2.57. The zero-order valence-corrected chi connectivity index (χ0v) is 22.3. The molecule has 4 saturated carbocycles. The van der Waals surface area contributed by atoms with Crippen LogP contribution in [-0.2, 0) is 16.7 Å². The second-order valence-corrected chi connectivity index (χ2v) is 13.1. The summed E-state index contributed by atoms with van der Waals surface area (Å²) in [5, 5.41) is 14.3. The van der Waals surface area contributed by atoms with Crippen molar-refractivity contribution in [3.63, 3.8) is 0 Å². The summed E-state index contributed by atoms with van der Waals surface area (Å²) < 4.78 is 5.60. The van der Waals surface area contributed by atoms with E-state index in [-0.39, 0.29) is 17.0 Å². The van der Waals surface area contributed by atoms with E-state index < -0.39 is 11.2 Å². The maximum atomic E-state index is 12.6. The van der Waals surface area contributed by atoms with Gasteiger partial charge in [0.2, 0.25) is 0 Å². The van der Waals surface area contributed by atoms with Crippen LogP contribution in [0.4, 0.5) is 10.6 Å². The fourth-order valence-electron chi connectivity index (χ4n) is 6.92. The van der Waals surface area contributed by atoms with Crippen molar-refractivity contribution in [2.75, 3.05) is 18.8 Å². The number of aromatic nitrogens is 1. The van der Waals surface area contributed by atoms with Crippen molar-refractivity contribution in [1.82, 2.24) is 15.2 Å². The number of nitrogens with zero attached hydrogens (tertiary/aromatic N) is 2. The van der Waals surface area contributed by atoms with Gasteiger partial charge in [-0.25, -0.2) is 9.78 Å². The molecule has 7 heteroatoms. The van der Waals surface area contributed by atoms with Gasteiger partial charge in [-0.2, -0.15) is 0 Å². The SMILES string of the molecule is CC(C)(C)OC(=O)N1C[C@@H]2C[C@]2(c2ccc(-c3cnc(N)c(CNC45CCC(O)(CC4)CC5)c3)cc2)C1. The van der Waals surface area contributed by atoms with E-state index in [1.807, 2.05) is 31.9 Å². The summed E-state index contributed by atoms with van der Waals surface area (Å²) in [6, 6.07) is 10.9. The molecule has 0 spiro atoms. The van der Waals surface area contributed by atoms with Gasteiger partial charge in [0.15, 0.2) is 0 Å². The van der Waals surface area contributed by atoms with Crippen LogP contribution in [0.5, 0.6) is 0 Å². The minimum atomic E-state index is -0.474. The minimum Gasteiger partial charge on any atom is -0.444 e. The second-order valence-electron chi connectivity index (χ2n) is 13.1. The van der Waals surface area contributed by atoms with E-state index in [1.165, 1.54) is 5.56 Å². The number of rotatable bonds is 5. The van der Waals surface area contributed by atoms with Crippen molar-refractivity contribution in [3.8, 4) is 11.1 Å². The number of pyridine rings is 1. The third-order valence-electron chi connectivity index (χ3n) is 9.45. The molecule has 7 nitrogen and oxygen atoms in total. The number of anilines is 1. The molecule has 5 aliphatic rings. The predicted octanol–water partition coefficient (Wildman–Crippen LogP) is 4.77. The smallest absolute Gasteiger partial charge is 0.410 e. The Bertz CT molecular complexity index is 1180. The normalized spacial score (nSPS) is 32.3. The van der Waals surface area contributed by atoms with E-state index in [0.29, 0.717) is 18.3 Å². The van der Waals surface area contributed by atoms with Crippen molar-refractivity contribution in [1.29, 1.82) is 0 Å². The van der Waals surface area contributed by atoms with Crippen LogP contribution in [-0.4, -0.2) is 50.9 Å². The summed E-state index contributed by atoms with van der Waals surface area (Å²) in [7, 11) is 0. The Kier molecular flexibility index (Phi) is 5.63. The number of likely N-dealkylation sites (tertiary alicyclic amines) is 1. The largest absolute Gasteiger partial charge is 0.444 e. The van der Waals surface area contributed by atoms with Gasteiger partial charge in [0, 0.05) is 47.9 Å². The number of aliphatic hydroxyl groups is 1. The van der Waals surface area contributed by atoms with E-state index in [4.69, 9.17) is 10.5 Å². The molecule has 5 fully saturated rings. The molecule has 4 N–H and O–H groups in total. The van der Waals surface area contributed by atoms with Gasteiger partial charge in [-0.05, 0) is 88.8 Å². The Morgan fingerprint density at radius 1 is 1.14 bits per heavy atom. The molecule has 2 heterocycles. The Labute approximate surface area is 219 Å². The number of benzene rings is 1. The van der Waals surface area contributed by atoms with Crippen molar-refractivity contribution < 1.29 is 14.6 Å². The quantitative estimate of drug-likeness (QED) is 0.543. The molecule has 0 radical (unpaired) electrons. The highest BCUT2D eigenvalue weighted by Crippen LogP contribution is 2.59. The van der Waals surface area contributed by atoms with Crippen LogP contribution in [0.15, 0.2) is 36.5 Å². The summed E-state index contributed by atoms with van der Waals surface area (Å²) >= 11 is 0. The number of hydrogen-bond acceptors (Lipinski definition) is 6. The fourth-order valence-corrected chi connectivity index (χ4v) is 6.92. The molecule has 1 saturated heterocycles. The van der Waals surface area contributed by atoms with E-state index >= 15 is 0 Å². The zero-order valence-electron chi connectivity index (χ0n) is 22.3. The first-order chi connectivity index (χ1) is 17.5. The first kappa shape index (κ1) is 24.7. The van der Waals surface area contributed by atoms with Gasteiger partial charge in [0.05, 0.1) is 5.60 Å². The van der Waals surface area contributed by atoms with E-state index in [1.54, 1.807) is 0 Å². The Balaban J connectivity index is 1.13. The number of carbonyl (C=O) groups is 1. The summed E-state index contributed by atoms with van der Waals surface area (Å²) in [5.74, 6) is 1.08. The molecule has 1 aliphatic heterocycles. The molecule has 2 bridgehead atoms. The summed E-state index contributed by atoms with van der Waals surface area (Å²) in [6.07, 6.45) is 8.50. The number of hydrogen-bond donors (Lipinski definition) is 3. The molecule has 1 aromatic heterocycles. The van der Waals surface area contributed by atoms with Gasteiger partial charge in [-0.1, -0.05) is 24.3 Å². The van der Waals surface area contributed by atoms with Crippen LogP contribution in [0.3, 0.4) is 0 Å². The number of nitrogens with two attached hydrogens (primary N) is 1. The molecule has 7 rings (SSSR count). The van der Waals surface area contributed by atoms with E-state index in [0.717, 1.165) is 74.7 Å². The third-order valence-corrected chi connectivity index (χ3v) is 9.45. The number of fused-ring (bicyclic) bond motifs is 4. The first-order valence-corrected chi connectivity index (χ1v) is 13.8. The number of carbonyl (C=O) groups excluding carboxylic acids is 1. The lowest BCUT2D eigenvalue weighted by Gasteiger charge is -2.51. The number of piperidine rings is 1. The Morgan fingerprint density at radius 2 is 1.81 bits per heavy atom. The predicted molar refractivity (Wildman–Crippen MR) is 144 cm³/mol. The summed E-state index contributed by atoms with van der Waals surface area (Å²) in [5.41, 5.74) is 10.0. The van der Waals surface area contributed by atoms with Crippen LogP contribution < -0.4 is 11.1 Å². The van der Waals surface area contributed by atoms with Crippen LogP contribution in [0.25, 0.3) is 11.1 Å². The third kappa shape index (κ3) is 4.61. The molecule has 2 aromatic rings. The van der Waals surface area contributed by atoms with Crippen molar-refractivity contribution in [3.05, 3.63) is 47.7 Å². The molecule has 1 aromatic carbocycles. The van der Waals surface area contributed by atoms with Crippen LogP contribution in [0.1, 0.15) is 76.8 Å². The molecule has 1 amide bonds. The van der Waals surface area contributed by atoms with E-state index in [9.17, 15) is 9.90 Å². The van der Waals surface area contributed by atoms with Crippen molar-refractivity contribution >= 4 is 11.9 Å². The van der Waals surface area contributed by atoms with Crippen LogP contribution >= 0.6 is 0 Å². The van der Waals surface area contributed by atoms with Gasteiger partial charge >= 0.3 is 6.09 Å². The van der Waals surface area contributed by atoms with Crippen LogP contribution in [0.2, 0.25) is 0 Å². The first-order valence-electron chi connectivity index (χ1n) is 13.8. The molecule has 0 unspecified atom stereocenters. The van der Waals surface area contributed by atoms with Gasteiger partial charge in [-0.15, -0.1) is 0 Å². The van der Waals surface area contributed by atoms with Gasteiger partial charge < -0.3 is 25.8 Å². The summed E-state index contributed by atoms with van der Waals surface area (Å²) in [4.78, 5) is 19.0. The molecule has 198 valence electrons. The average Bonchev–Trinajstić information content (AvgIpc) is 3.44. The van der Waals surface area contributed by atoms with Crippen molar-refractivity contribution in [2.24, 2.45) is 5.92 Å². The Morgan fingerprint density at radius 3 is 2.46 bits per heavy atom. The van der Waals surface area contributed by atoms with Gasteiger partial charge in [-0.3, -0.25) is 0 Å². The highest BCUT2D eigenvalue weighted by Gasteiger charge is 2.62. The molecule has 2 atom stereocenters. The maximum absolute atomic E-state index is 12.6. The lowest BCUT2D eigenvalue weighted by molar-refractivity contribution is -0.0729. The van der Waals surface area contributed by atoms with E-state index in [2.05, 4.69) is 40.6 Å². The lowest BCUT2D eigenvalue weighted by atomic mass is 9.63. The molecule has 4 aliphatic carbocycles. The average molecular weight is 505 g/mol. The van der Waals surface area contributed by atoms with Crippen molar-refractivity contribution in [2.45, 2.75) is 94.4 Å². The number of ether oxygens (including phenoxy) is 1. The standard InChI is InChI=1S/C30H40N4O3/c1-27(2,3)37-26(35)34-18-24-15-30(24,19-34)23-6-4-20(5-7-23)21-14-22(25(31)32-16-21)17-33-28-8-11-29(36,12-9-28)13-10-28/h4-7,14,16,24,33,36H,8-13,15,17-19H2,1-3H3,(H2,31,32)/t24-,28?,29?,30+/m0/s1. The number of amides is 1. The van der Waals surface area contributed by atoms with Gasteiger partial charge in [0.1, 0.15) is 11.4 Å². The monoisotopic (exact) mass is 504 g/mol. The highest BCUT2D eigenvalue weighted by molar-refractivity contribution is 5.70. The van der Waals surface area contributed by atoms with Crippen LogP contribution in [0, 0.1) is 5.92 Å². The molecular formula is C30H40N4O3. The zero-order chi connectivity index (χ0) is 26.1. The molecular weight excluding hydrogens is 464 g/mol. The number of nitrogens with one attached hydrogen (secondary N) is 1. The molecule has 37 heavy (non-hydrogen) atoms. The highest BCUT2D eigenvalue weighted by atomic mass is 16.6. The fraction of sp³-hybridized carbons (Fsp3) is 0.600. The number of nitrogen functional groups attached to an aromatic ring is 1. The topological polar surface area (TPSA) is 101 Å². The minimum absolute atomic E-state index is 0.0648. The maximum Gasteiger partial charge on any atom is 0.410 e. The van der Waals surface area contributed by atoms with Gasteiger partial charge in [0.25, 0.3) is 0 Å². The summed E-state index contributed by atoms with van der Waals surface area (Å²) in [6.45, 7) is 7.92. The second kappa shape index (κ2) is 8.43.